The van der Waals surface area contributed by atoms with Crippen LogP contribution in [0.2, 0.25) is 0 Å². The van der Waals surface area contributed by atoms with Crippen LogP contribution < -0.4 is 14.5 Å². The van der Waals surface area contributed by atoms with Crippen LogP contribution >= 0.6 is 0 Å². The summed E-state index contributed by atoms with van der Waals surface area (Å²) in [4.78, 5) is 37.0. The van der Waals surface area contributed by atoms with Gasteiger partial charge in [0.25, 0.3) is 11.7 Å². The Bertz CT molecular complexity index is 1350. The number of benzene rings is 2. The van der Waals surface area contributed by atoms with E-state index >= 15 is 0 Å². The molecule has 0 saturated carbocycles. The van der Waals surface area contributed by atoms with E-state index in [1.165, 1.54) is 4.90 Å². The van der Waals surface area contributed by atoms with Crippen LogP contribution in [0, 0.1) is 6.92 Å². The second kappa shape index (κ2) is 10.1. The van der Waals surface area contributed by atoms with Gasteiger partial charge in [-0.25, -0.2) is 0 Å². The summed E-state index contributed by atoms with van der Waals surface area (Å²) in [5, 5.41) is 11.4. The molecule has 2 saturated heterocycles. The molecular weight excluding hydrogens is 468 g/mol. The number of carbonyl (C=O) groups excluding carboxylic acids is 2. The van der Waals surface area contributed by atoms with E-state index in [0.29, 0.717) is 22.6 Å². The highest BCUT2D eigenvalue weighted by atomic mass is 16.5. The minimum Gasteiger partial charge on any atom is -0.507 e. The monoisotopic (exact) mass is 498 g/mol. The molecule has 1 aromatic heterocycles. The van der Waals surface area contributed by atoms with Crippen molar-refractivity contribution in [3.8, 4) is 5.75 Å². The molecule has 3 aromatic rings. The fraction of sp³-hybridized carbons (Fsp3) is 0.276. The predicted molar refractivity (Wildman–Crippen MR) is 143 cm³/mol. The molecule has 1 amide bonds. The van der Waals surface area contributed by atoms with Gasteiger partial charge in [-0.05, 0) is 79.7 Å². The summed E-state index contributed by atoms with van der Waals surface area (Å²) >= 11 is 0. The Morgan fingerprint density at radius 1 is 0.946 bits per heavy atom. The smallest absolute Gasteiger partial charge is 0.300 e. The summed E-state index contributed by atoms with van der Waals surface area (Å²) in [5.74, 6) is -0.975. The van der Waals surface area contributed by atoms with Crippen molar-refractivity contribution in [2.24, 2.45) is 0 Å². The number of nitrogens with zero attached hydrogens (tertiary/aromatic N) is 4. The van der Waals surface area contributed by atoms with Crippen LogP contribution in [0.1, 0.15) is 22.7 Å². The molecule has 2 aromatic carbocycles. The molecule has 5 rings (SSSR count). The first kappa shape index (κ1) is 24.5. The third kappa shape index (κ3) is 4.56. The number of likely N-dealkylation sites (N-methyl/N-ethyl adjacent to an activating group) is 1. The molecule has 0 aliphatic carbocycles. The summed E-state index contributed by atoms with van der Waals surface area (Å²) in [7, 11) is 3.68. The van der Waals surface area contributed by atoms with Crippen molar-refractivity contribution in [2.45, 2.75) is 13.0 Å². The van der Waals surface area contributed by atoms with Crippen LogP contribution in [0.3, 0.4) is 0 Å². The lowest BCUT2D eigenvalue weighted by atomic mass is 9.94. The highest BCUT2D eigenvalue weighted by molar-refractivity contribution is 6.51. The first-order valence-electron chi connectivity index (χ1n) is 12.3. The van der Waals surface area contributed by atoms with E-state index in [1.54, 1.807) is 49.8 Å². The number of aromatic nitrogens is 1. The largest absolute Gasteiger partial charge is 0.507 e. The van der Waals surface area contributed by atoms with Crippen molar-refractivity contribution < 1.29 is 19.4 Å². The summed E-state index contributed by atoms with van der Waals surface area (Å²) in [6.45, 7) is 5.66. The number of carbonyl (C=O) groups is 2. The number of aliphatic hydroxyl groups is 1. The van der Waals surface area contributed by atoms with Crippen molar-refractivity contribution in [2.75, 3.05) is 50.1 Å². The maximum atomic E-state index is 13.4. The molecule has 1 N–H and O–H groups in total. The molecule has 0 bridgehead atoms. The average Bonchev–Trinajstić information content (AvgIpc) is 3.19. The van der Waals surface area contributed by atoms with Gasteiger partial charge in [-0.15, -0.1) is 0 Å². The molecule has 0 radical (unpaired) electrons. The number of ether oxygens (including phenoxy) is 1. The van der Waals surface area contributed by atoms with Crippen LogP contribution in [0.5, 0.6) is 5.75 Å². The van der Waals surface area contributed by atoms with Gasteiger partial charge in [0.2, 0.25) is 0 Å². The van der Waals surface area contributed by atoms with Crippen LogP contribution in [0.25, 0.3) is 5.76 Å². The molecule has 8 nitrogen and oxygen atoms in total. The van der Waals surface area contributed by atoms with Crippen molar-refractivity contribution in [1.29, 1.82) is 0 Å². The standard InChI is InChI=1S/C29H30N4O4/c1-19-18-23(37-3)8-9-24(19)27(34)25-26(20-10-12-30-13-11-20)33(29(36)28(25)35)22-6-4-21(5-7-22)32-16-14-31(2)15-17-32/h4-13,18,26,34H,14-17H2,1-3H3/b27-25-. The van der Waals surface area contributed by atoms with E-state index in [9.17, 15) is 14.7 Å². The van der Waals surface area contributed by atoms with Gasteiger partial charge in [-0.2, -0.15) is 0 Å². The molecule has 2 aliphatic rings. The molecule has 3 heterocycles. The summed E-state index contributed by atoms with van der Waals surface area (Å²) < 4.78 is 5.28. The average molecular weight is 499 g/mol. The molecular formula is C29H30N4O4. The first-order chi connectivity index (χ1) is 17.9. The van der Waals surface area contributed by atoms with Gasteiger partial charge in [0.05, 0.1) is 18.7 Å². The van der Waals surface area contributed by atoms with Gasteiger partial charge >= 0.3 is 0 Å². The van der Waals surface area contributed by atoms with E-state index in [0.717, 1.165) is 37.4 Å². The lowest BCUT2D eigenvalue weighted by Crippen LogP contribution is -2.44. The molecule has 8 heteroatoms. The number of aliphatic hydroxyl groups excluding tert-OH is 1. The number of pyridine rings is 1. The Balaban J connectivity index is 1.57. The minimum atomic E-state index is -0.793. The van der Waals surface area contributed by atoms with Crippen LogP contribution in [0.15, 0.2) is 72.6 Å². The number of rotatable bonds is 5. The summed E-state index contributed by atoms with van der Waals surface area (Å²) in [5.41, 5.74) is 3.60. The number of methoxy groups -OCH3 is 1. The third-order valence-electron chi connectivity index (χ3n) is 7.15. The maximum absolute atomic E-state index is 13.4. The Morgan fingerprint density at radius 3 is 2.22 bits per heavy atom. The Hall–Kier alpha value is -4.17. The van der Waals surface area contributed by atoms with Gasteiger partial charge in [-0.1, -0.05) is 0 Å². The first-order valence-corrected chi connectivity index (χ1v) is 12.3. The minimum absolute atomic E-state index is 0.0487. The van der Waals surface area contributed by atoms with Gasteiger partial charge in [0, 0.05) is 55.5 Å². The Morgan fingerprint density at radius 2 is 1.59 bits per heavy atom. The van der Waals surface area contributed by atoms with E-state index < -0.39 is 17.7 Å². The number of amides is 1. The van der Waals surface area contributed by atoms with Crippen molar-refractivity contribution >= 4 is 28.8 Å². The second-order valence-electron chi connectivity index (χ2n) is 9.44. The molecule has 0 spiro atoms. The molecule has 1 atom stereocenters. The van der Waals surface area contributed by atoms with E-state index in [2.05, 4.69) is 21.8 Å². The lowest BCUT2D eigenvalue weighted by Gasteiger charge is -2.34. The molecule has 1 unspecified atom stereocenters. The number of aryl methyl sites for hydroxylation is 1. The highest BCUT2D eigenvalue weighted by Gasteiger charge is 2.47. The Kier molecular flexibility index (Phi) is 6.67. The van der Waals surface area contributed by atoms with Crippen molar-refractivity contribution in [3.63, 3.8) is 0 Å². The number of Topliss-reactive ketones (excluding diaryl/α,β-unsaturated/α-hetero) is 1. The number of piperazine rings is 1. The molecule has 2 aliphatic heterocycles. The van der Waals surface area contributed by atoms with Gasteiger partial charge in [-0.3, -0.25) is 19.5 Å². The summed E-state index contributed by atoms with van der Waals surface area (Å²) in [6.07, 6.45) is 3.23. The molecule has 2 fully saturated rings. The Labute approximate surface area is 216 Å². The van der Waals surface area contributed by atoms with Gasteiger partial charge in [0.15, 0.2) is 0 Å². The van der Waals surface area contributed by atoms with Gasteiger partial charge < -0.3 is 19.6 Å². The number of anilines is 2. The summed E-state index contributed by atoms with van der Waals surface area (Å²) in [6, 6.07) is 15.6. The molecule has 37 heavy (non-hydrogen) atoms. The van der Waals surface area contributed by atoms with Crippen molar-refractivity contribution in [1.82, 2.24) is 9.88 Å². The fourth-order valence-corrected chi connectivity index (χ4v) is 5.02. The zero-order chi connectivity index (χ0) is 26.1. The highest BCUT2D eigenvalue weighted by Crippen LogP contribution is 2.42. The zero-order valence-corrected chi connectivity index (χ0v) is 21.2. The SMILES string of the molecule is COc1ccc(/C(O)=C2/C(=O)C(=O)N(c3ccc(N4CCN(C)CC4)cc3)C2c2ccncc2)c(C)c1. The van der Waals surface area contributed by atoms with Gasteiger partial charge in [0.1, 0.15) is 11.5 Å². The second-order valence-corrected chi connectivity index (χ2v) is 9.44. The van der Waals surface area contributed by atoms with Crippen molar-refractivity contribution in [3.05, 3.63) is 89.3 Å². The van der Waals surface area contributed by atoms with Crippen LogP contribution in [-0.4, -0.2) is 67.0 Å². The van der Waals surface area contributed by atoms with E-state index in [4.69, 9.17) is 4.74 Å². The van der Waals surface area contributed by atoms with E-state index in [-0.39, 0.29) is 11.3 Å². The van der Waals surface area contributed by atoms with Crippen LogP contribution in [-0.2, 0) is 9.59 Å². The normalized spacial score (nSPS) is 19.9. The zero-order valence-electron chi connectivity index (χ0n) is 21.2. The van der Waals surface area contributed by atoms with Crippen LogP contribution in [0.4, 0.5) is 11.4 Å². The quantitative estimate of drug-likeness (QED) is 0.326. The molecule has 190 valence electrons. The topological polar surface area (TPSA) is 86.2 Å². The fourth-order valence-electron chi connectivity index (χ4n) is 5.02. The van der Waals surface area contributed by atoms with E-state index in [1.807, 2.05) is 31.2 Å². The number of ketones is 1. The number of hydrogen-bond acceptors (Lipinski definition) is 7. The maximum Gasteiger partial charge on any atom is 0.300 e. The number of hydrogen-bond donors (Lipinski definition) is 1. The third-order valence-corrected chi connectivity index (χ3v) is 7.15. The predicted octanol–water partition coefficient (Wildman–Crippen LogP) is 3.78. The lowest BCUT2D eigenvalue weighted by molar-refractivity contribution is -0.132.